The van der Waals surface area contributed by atoms with Gasteiger partial charge in [-0.1, -0.05) is 27.7 Å². The number of nitrogens with zero attached hydrogens (tertiary/aromatic N) is 2. The predicted octanol–water partition coefficient (Wildman–Crippen LogP) is 1.78. The molecule has 1 N–H and O–H groups in total. The van der Waals surface area contributed by atoms with Crippen LogP contribution < -0.4 is 5.56 Å². The molecule has 0 spiro atoms. The molecule has 1 aliphatic rings. The van der Waals surface area contributed by atoms with Crippen molar-refractivity contribution < 1.29 is 5.11 Å². The maximum atomic E-state index is 12.5. The summed E-state index contributed by atoms with van der Waals surface area (Å²) in [6.45, 7) is 8.61. The molecule has 19 heavy (non-hydrogen) atoms. The molecule has 0 fully saturated rings. The van der Waals surface area contributed by atoms with Crippen molar-refractivity contribution in [2.75, 3.05) is 0 Å². The molecule has 1 heterocycles. The van der Waals surface area contributed by atoms with Crippen molar-refractivity contribution in [2.24, 2.45) is 11.3 Å². The van der Waals surface area contributed by atoms with E-state index in [-0.39, 0.29) is 16.9 Å². The van der Waals surface area contributed by atoms with E-state index in [0.29, 0.717) is 6.54 Å². The molecule has 4 nitrogen and oxygen atoms in total. The Bertz CT molecular complexity index is 517. The predicted molar refractivity (Wildman–Crippen MR) is 75.1 cm³/mol. The third kappa shape index (κ3) is 3.06. The lowest BCUT2D eigenvalue weighted by molar-refractivity contribution is 0.105. The quantitative estimate of drug-likeness (QED) is 0.905. The minimum Gasteiger partial charge on any atom is -0.391 e. The van der Waals surface area contributed by atoms with Crippen LogP contribution >= 0.6 is 0 Å². The lowest BCUT2D eigenvalue weighted by Gasteiger charge is -2.30. The van der Waals surface area contributed by atoms with Crippen molar-refractivity contribution in [3.63, 3.8) is 0 Å². The van der Waals surface area contributed by atoms with E-state index in [0.717, 1.165) is 30.5 Å². The molecule has 0 bridgehead atoms. The monoisotopic (exact) mass is 264 g/mol. The Morgan fingerprint density at radius 2 is 2.16 bits per heavy atom. The van der Waals surface area contributed by atoms with Crippen molar-refractivity contribution in [1.82, 2.24) is 9.55 Å². The van der Waals surface area contributed by atoms with Gasteiger partial charge in [-0.25, -0.2) is 4.98 Å². The molecular weight excluding hydrogens is 240 g/mol. The van der Waals surface area contributed by atoms with Gasteiger partial charge >= 0.3 is 0 Å². The Labute approximate surface area is 114 Å². The molecule has 0 saturated heterocycles. The second-order valence-corrected chi connectivity index (χ2v) is 6.78. The number of aryl methyl sites for hydroxylation is 1. The van der Waals surface area contributed by atoms with Gasteiger partial charge in [-0.2, -0.15) is 0 Å². The summed E-state index contributed by atoms with van der Waals surface area (Å²) >= 11 is 0. The van der Waals surface area contributed by atoms with Gasteiger partial charge in [0.25, 0.3) is 5.56 Å². The zero-order valence-electron chi connectivity index (χ0n) is 12.3. The molecule has 1 atom stereocenters. The fourth-order valence-electron chi connectivity index (χ4n) is 2.53. The van der Waals surface area contributed by atoms with E-state index < -0.39 is 6.10 Å². The van der Waals surface area contributed by atoms with Crippen molar-refractivity contribution in [1.29, 1.82) is 0 Å². The zero-order chi connectivity index (χ0) is 14.2. The van der Waals surface area contributed by atoms with Crippen LogP contribution in [0.2, 0.25) is 0 Å². The number of aromatic nitrogens is 2. The highest BCUT2D eigenvalue weighted by Crippen LogP contribution is 2.32. The molecular formula is C15H24N2O2. The first kappa shape index (κ1) is 14.3. The fourth-order valence-corrected chi connectivity index (χ4v) is 2.53. The normalized spacial score (nSPS) is 19.3. The second kappa shape index (κ2) is 5.08. The van der Waals surface area contributed by atoms with Gasteiger partial charge in [0.2, 0.25) is 0 Å². The van der Waals surface area contributed by atoms with Crippen LogP contribution in [0.3, 0.4) is 0 Å². The lowest BCUT2D eigenvalue weighted by Crippen LogP contribution is -2.36. The Morgan fingerprint density at radius 1 is 1.47 bits per heavy atom. The smallest absolute Gasteiger partial charge is 0.256 e. The average molecular weight is 264 g/mol. The Morgan fingerprint density at radius 3 is 2.79 bits per heavy atom. The maximum absolute atomic E-state index is 12.5. The number of fused-ring (bicyclic) bond motifs is 1. The summed E-state index contributed by atoms with van der Waals surface area (Å²) < 4.78 is 1.56. The van der Waals surface area contributed by atoms with Crippen LogP contribution in [0.15, 0.2) is 11.1 Å². The number of hydrogen-bond donors (Lipinski definition) is 1. The first-order valence-electron chi connectivity index (χ1n) is 7.05. The Hall–Kier alpha value is -1.16. The van der Waals surface area contributed by atoms with Gasteiger partial charge in [0.15, 0.2) is 0 Å². The van der Waals surface area contributed by atoms with E-state index in [2.05, 4.69) is 18.8 Å². The summed E-state index contributed by atoms with van der Waals surface area (Å²) in [5.41, 5.74) is 1.98. The van der Waals surface area contributed by atoms with Crippen LogP contribution in [0.4, 0.5) is 0 Å². The zero-order valence-corrected chi connectivity index (χ0v) is 12.3. The molecule has 4 heteroatoms. The van der Waals surface area contributed by atoms with Gasteiger partial charge in [0.1, 0.15) is 0 Å². The molecule has 1 aliphatic carbocycles. The summed E-state index contributed by atoms with van der Waals surface area (Å²) in [6.07, 6.45) is 3.82. The van der Waals surface area contributed by atoms with E-state index in [4.69, 9.17) is 0 Å². The van der Waals surface area contributed by atoms with E-state index in [1.165, 1.54) is 0 Å². The van der Waals surface area contributed by atoms with E-state index in [1.807, 2.05) is 13.8 Å². The van der Waals surface area contributed by atoms with Gasteiger partial charge < -0.3 is 5.11 Å². The molecule has 0 saturated carbocycles. The molecule has 2 rings (SSSR count). The number of aliphatic hydroxyl groups excluding tert-OH is 1. The van der Waals surface area contributed by atoms with Gasteiger partial charge in [-0.05, 0) is 30.6 Å². The SMILES string of the molecule is CC(C)C(O)Cn1cnc2c(c1=O)CC(C)(C)CC2. The summed E-state index contributed by atoms with van der Waals surface area (Å²) in [4.78, 5) is 16.9. The van der Waals surface area contributed by atoms with Crippen LogP contribution in [0.25, 0.3) is 0 Å². The van der Waals surface area contributed by atoms with Crippen LogP contribution in [-0.2, 0) is 19.4 Å². The highest BCUT2D eigenvalue weighted by Gasteiger charge is 2.28. The average Bonchev–Trinajstić information content (AvgIpc) is 2.32. The molecule has 1 aromatic heterocycles. The third-order valence-corrected chi connectivity index (χ3v) is 4.07. The van der Waals surface area contributed by atoms with Crippen LogP contribution in [0, 0.1) is 11.3 Å². The topological polar surface area (TPSA) is 55.1 Å². The minimum absolute atomic E-state index is 0.0254. The highest BCUT2D eigenvalue weighted by molar-refractivity contribution is 5.22. The van der Waals surface area contributed by atoms with Crippen LogP contribution in [0.1, 0.15) is 45.4 Å². The number of aliphatic hydroxyl groups is 1. The maximum Gasteiger partial charge on any atom is 0.256 e. The molecule has 0 aromatic carbocycles. The van der Waals surface area contributed by atoms with Crippen LogP contribution in [-0.4, -0.2) is 20.8 Å². The Balaban J connectivity index is 2.32. The highest BCUT2D eigenvalue weighted by atomic mass is 16.3. The molecule has 1 unspecified atom stereocenters. The largest absolute Gasteiger partial charge is 0.391 e. The first-order valence-corrected chi connectivity index (χ1v) is 7.05. The van der Waals surface area contributed by atoms with Gasteiger partial charge in [-0.3, -0.25) is 9.36 Å². The summed E-state index contributed by atoms with van der Waals surface area (Å²) in [5, 5.41) is 9.92. The van der Waals surface area contributed by atoms with Crippen molar-refractivity contribution in [3.8, 4) is 0 Å². The summed E-state index contributed by atoms with van der Waals surface area (Å²) in [5.74, 6) is 0.138. The Kier molecular flexibility index (Phi) is 3.81. The molecule has 1 aromatic rings. The standard InChI is InChI=1S/C15H24N2O2/c1-10(2)13(18)8-17-9-16-12-5-6-15(3,4)7-11(12)14(17)19/h9-10,13,18H,5-8H2,1-4H3. The molecule has 106 valence electrons. The minimum atomic E-state index is -0.505. The summed E-state index contributed by atoms with van der Waals surface area (Å²) in [6, 6.07) is 0. The lowest BCUT2D eigenvalue weighted by atomic mass is 9.76. The molecule has 0 amide bonds. The first-order chi connectivity index (χ1) is 8.80. The van der Waals surface area contributed by atoms with Gasteiger partial charge in [0.05, 0.1) is 24.7 Å². The molecule has 0 aliphatic heterocycles. The summed E-state index contributed by atoms with van der Waals surface area (Å²) in [7, 11) is 0. The third-order valence-electron chi connectivity index (χ3n) is 4.07. The fraction of sp³-hybridized carbons (Fsp3) is 0.733. The van der Waals surface area contributed by atoms with Crippen molar-refractivity contribution in [2.45, 2.75) is 59.6 Å². The van der Waals surface area contributed by atoms with Gasteiger partial charge in [0, 0.05) is 5.56 Å². The van der Waals surface area contributed by atoms with E-state index >= 15 is 0 Å². The number of rotatable bonds is 3. The van der Waals surface area contributed by atoms with Crippen molar-refractivity contribution >= 4 is 0 Å². The van der Waals surface area contributed by atoms with Crippen molar-refractivity contribution in [3.05, 3.63) is 27.9 Å². The van der Waals surface area contributed by atoms with E-state index in [9.17, 15) is 9.90 Å². The van der Waals surface area contributed by atoms with Crippen LogP contribution in [0.5, 0.6) is 0 Å². The second-order valence-electron chi connectivity index (χ2n) is 6.78. The number of hydrogen-bond acceptors (Lipinski definition) is 3. The van der Waals surface area contributed by atoms with Gasteiger partial charge in [-0.15, -0.1) is 0 Å². The molecule has 0 radical (unpaired) electrons. The van der Waals surface area contributed by atoms with E-state index in [1.54, 1.807) is 10.9 Å².